The minimum atomic E-state index is -4.25. The molecule has 1 fully saturated rings. The number of hydrogen-bond acceptors (Lipinski definition) is 4. The topological polar surface area (TPSA) is 55.8 Å². The average molecular weight is 219 g/mol. The zero-order chi connectivity index (χ0) is 4.62. The van der Waals surface area contributed by atoms with Crippen molar-refractivity contribution in [2.45, 2.75) is 0 Å². The second kappa shape index (κ2) is 1.42. The molecule has 0 aromatic heterocycles. The molecular formula is HO4SSb. The Morgan fingerprint density at radius 3 is 2.00 bits per heavy atom. The third-order valence-corrected chi connectivity index (χ3v) is 5.02. The number of hydrogen-bond donors (Lipinski definition) is 1. The molecule has 0 aromatic carbocycles. The Hall–Kier alpha value is 0.848. The van der Waals surface area contributed by atoms with Crippen LogP contribution in [0.1, 0.15) is 0 Å². The molecule has 6 heavy (non-hydrogen) atoms. The Labute approximate surface area is 43.9 Å². The van der Waals surface area contributed by atoms with Crippen molar-refractivity contribution in [3.8, 4) is 0 Å². The fourth-order valence-corrected chi connectivity index (χ4v) is 1.66. The zero-order valence-electron chi connectivity index (χ0n) is 2.53. The molecule has 0 saturated carbocycles. The summed E-state index contributed by atoms with van der Waals surface area (Å²) in [5, 5.41) is 0. The van der Waals surface area contributed by atoms with Crippen LogP contribution in [0.2, 0.25) is 0 Å². The maximum atomic E-state index is 9.85. The van der Waals surface area contributed by atoms with Crippen molar-refractivity contribution in [3.05, 3.63) is 0 Å². The SMILES string of the molecule is [O]=[Sb]1([OH])[O]S[O]1. The van der Waals surface area contributed by atoms with Gasteiger partial charge in [-0.05, 0) is 0 Å². The molecule has 1 rings (SSSR count). The van der Waals surface area contributed by atoms with E-state index in [4.69, 9.17) is 3.39 Å². The molecule has 0 aliphatic carbocycles. The second-order valence-electron chi connectivity index (χ2n) is 0.686. The minimum absolute atomic E-state index is 0.570. The first-order chi connectivity index (χ1) is 2.71. The quantitative estimate of drug-likeness (QED) is 0.437. The van der Waals surface area contributed by atoms with Crippen LogP contribution < -0.4 is 0 Å². The molecule has 0 amide bonds. The molecular weight excluding hydrogens is 218 g/mol. The molecule has 0 atom stereocenters. The number of rotatable bonds is 0. The molecule has 1 heterocycles. The predicted molar refractivity (Wildman–Crippen MR) is 18.4 cm³/mol. The van der Waals surface area contributed by atoms with E-state index in [1.165, 1.54) is 0 Å². The van der Waals surface area contributed by atoms with Crippen LogP contribution in [-0.2, 0) is 7.94 Å². The van der Waals surface area contributed by atoms with Crippen molar-refractivity contribution in [2.75, 3.05) is 0 Å². The van der Waals surface area contributed by atoms with Gasteiger partial charge in [0, 0.05) is 0 Å². The van der Waals surface area contributed by atoms with Crippen molar-refractivity contribution in [1.82, 2.24) is 0 Å². The van der Waals surface area contributed by atoms with Gasteiger partial charge >= 0.3 is 43.7 Å². The Kier molecular flexibility index (Phi) is 1.18. The third-order valence-electron chi connectivity index (χ3n) is 0.249. The van der Waals surface area contributed by atoms with Crippen molar-refractivity contribution in [1.29, 1.82) is 0 Å². The van der Waals surface area contributed by atoms with Crippen LogP contribution in [-0.4, -0.2) is 23.4 Å². The van der Waals surface area contributed by atoms with Gasteiger partial charge in [0.1, 0.15) is 0 Å². The molecule has 0 aromatic rings. The summed E-state index contributed by atoms with van der Waals surface area (Å²) >= 11 is -3.68. The summed E-state index contributed by atoms with van der Waals surface area (Å²) in [6, 6.07) is 0. The molecule has 1 saturated heterocycles. The first-order valence-electron chi connectivity index (χ1n) is 1.08. The van der Waals surface area contributed by atoms with E-state index in [2.05, 4.69) is 4.92 Å². The summed E-state index contributed by atoms with van der Waals surface area (Å²) in [5.41, 5.74) is 0. The van der Waals surface area contributed by atoms with Gasteiger partial charge in [-0.3, -0.25) is 0 Å². The van der Waals surface area contributed by atoms with Crippen LogP contribution in [0, 0.1) is 0 Å². The molecule has 0 spiro atoms. The molecule has 1 aliphatic rings. The van der Waals surface area contributed by atoms with E-state index in [0.29, 0.717) is 12.3 Å². The predicted octanol–water partition coefficient (Wildman–Crippen LogP) is -0.545. The summed E-state index contributed by atoms with van der Waals surface area (Å²) in [6.07, 6.45) is 0. The van der Waals surface area contributed by atoms with Gasteiger partial charge in [-0.25, -0.2) is 0 Å². The second-order valence-corrected chi connectivity index (χ2v) is 6.35. The Balaban J connectivity index is 2.53. The van der Waals surface area contributed by atoms with Gasteiger partial charge in [0.25, 0.3) is 0 Å². The van der Waals surface area contributed by atoms with E-state index in [9.17, 15) is 3.02 Å². The van der Waals surface area contributed by atoms with E-state index in [1.54, 1.807) is 0 Å². The molecule has 0 bridgehead atoms. The summed E-state index contributed by atoms with van der Waals surface area (Å²) in [4.78, 5) is 0. The van der Waals surface area contributed by atoms with Gasteiger partial charge in [-0.1, -0.05) is 0 Å². The van der Waals surface area contributed by atoms with Gasteiger partial charge in [-0.15, -0.1) is 0 Å². The van der Waals surface area contributed by atoms with Crippen LogP contribution in [0.5, 0.6) is 0 Å². The van der Waals surface area contributed by atoms with Crippen LogP contribution in [0.3, 0.4) is 0 Å². The third kappa shape index (κ3) is 0.917. The molecule has 0 radical (unpaired) electrons. The Morgan fingerprint density at radius 2 is 2.00 bits per heavy atom. The molecule has 4 nitrogen and oxygen atoms in total. The van der Waals surface area contributed by atoms with Gasteiger partial charge in [0.2, 0.25) is 0 Å². The van der Waals surface area contributed by atoms with E-state index < -0.39 is 20.1 Å². The molecule has 36 valence electrons. The van der Waals surface area contributed by atoms with Crippen LogP contribution in [0.15, 0.2) is 0 Å². The zero-order valence-corrected chi connectivity index (χ0v) is 5.90. The van der Waals surface area contributed by atoms with Crippen molar-refractivity contribution in [3.63, 3.8) is 0 Å². The van der Waals surface area contributed by atoms with E-state index >= 15 is 0 Å². The van der Waals surface area contributed by atoms with Crippen LogP contribution in [0.25, 0.3) is 0 Å². The van der Waals surface area contributed by atoms with Gasteiger partial charge in [-0.2, -0.15) is 0 Å². The molecule has 1 N–H and O–H groups in total. The van der Waals surface area contributed by atoms with Gasteiger partial charge in [0.05, 0.1) is 0 Å². The Morgan fingerprint density at radius 1 is 1.67 bits per heavy atom. The first-order valence-corrected chi connectivity index (χ1v) is 6.02. The standard InChI is InChI=1S/H2O2S.H2O.O.Sb/c1-3-2;;;/h1-2H;1H2;;/q;;;+3/p-3. The van der Waals surface area contributed by atoms with Crippen LogP contribution >= 0.6 is 12.3 Å². The first kappa shape index (κ1) is 4.99. The summed E-state index contributed by atoms with van der Waals surface area (Å²) < 4.78 is 26.0. The van der Waals surface area contributed by atoms with E-state index in [1.807, 2.05) is 0 Å². The Bertz CT molecular complexity index is 89.7. The average Bonchev–Trinajstić information content (AvgIpc) is 1.32. The monoisotopic (exact) mass is 218 g/mol. The van der Waals surface area contributed by atoms with E-state index in [-0.39, 0.29) is 0 Å². The van der Waals surface area contributed by atoms with Crippen molar-refractivity contribution >= 4 is 32.4 Å². The molecule has 0 unspecified atom stereocenters. The van der Waals surface area contributed by atoms with Crippen molar-refractivity contribution < 1.29 is 11.3 Å². The molecule has 1 aliphatic heterocycles. The normalized spacial score (nSPS) is 28.8. The summed E-state index contributed by atoms with van der Waals surface area (Å²) in [7, 11) is 0. The fourth-order valence-electron chi connectivity index (χ4n) is 0.0825. The maximum absolute atomic E-state index is 9.85. The summed E-state index contributed by atoms with van der Waals surface area (Å²) in [5.74, 6) is 0. The van der Waals surface area contributed by atoms with Crippen molar-refractivity contribution in [2.24, 2.45) is 0 Å². The fraction of sp³-hybridized carbons (Fsp3) is 0. The van der Waals surface area contributed by atoms with Gasteiger partial charge in [0.15, 0.2) is 0 Å². The van der Waals surface area contributed by atoms with Crippen LogP contribution in [0.4, 0.5) is 0 Å². The molecule has 6 heteroatoms. The van der Waals surface area contributed by atoms with E-state index in [0.717, 1.165) is 0 Å². The summed E-state index contributed by atoms with van der Waals surface area (Å²) in [6.45, 7) is 0. The van der Waals surface area contributed by atoms with Gasteiger partial charge < -0.3 is 0 Å².